The van der Waals surface area contributed by atoms with E-state index in [1.165, 1.54) is 40.6 Å². The number of alkyl halides is 2. The van der Waals surface area contributed by atoms with Crippen LogP contribution in [0, 0.1) is 3.57 Å². The predicted molar refractivity (Wildman–Crippen MR) is 140 cm³/mol. The van der Waals surface area contributed by atoms with Crippen molar-refractivity contribution in [3.8, 4) is 23.0 Å². The van der Waals surface area contributed by atoms with E-state index in [9.17, 15) is 8.42 Å². The molecule has 194 valence electrons. The molecule has 11 heteroatoms. The first-order valence-electron chi connectivity index (χ1n) is 10.6. The molecule has 0 saturated carbocycles. The predicted octanol–water partition coefficient (Wildman–Crippen LogP) is 5.41. The number of ether oxygens (including phenoxy) is 4. The molecule has 36 heavy (non-hydrogen) atoms. The van der Waals surface area contributed by atoms with Gasteiger partial charge in [-0.25, -0.2) is 8.42 Å². The van der Waals surface area contributed by atoms with Crippen molar-refractivity contribution in [2.45, 2.75) is 18.3 Å². The van der Waals surface area contributed by atoms with Gasteiger partial charge in [0, 0.05) is 45.5 Å². The van der Waals surface area contributed by atoms with E-state index in [0.717, 1.165) is 16.4 Å². The summed E-state index contributed by atoms with van der Waals surface area (Å²) in [6.45, 7) is -0.769. The maximum absolute atomic E-state index is 15.6. The van der Waals surface area contributed by atoms with Crippen LogP contribution in [0.2, 0.25) is 0 Å². The largest absolute Gasteiger partial charge is 0.497 e. The van der Waals surface area contributed by atoms with Gasteiger partial charge in [-0.2, -0.15) is 13.1 Å². The fraction of sp³-hybridized carbons (Fsp3) is 0.280. The van der Waals surface area contributed by atoms with Gasteiger partial charge in [-0.15, -0.1) is 0 Å². The molecule has 0 fully saturated rings. The Balaban J connectivity index is 2.11. The summed E-state index contributed by atoms with van der Waals surface area (Å²) < 4.78 is 80.8. The number of nitrogens with zero attached hydrogens (tertiary/aromatic N) is 1. The lowest BCUT2D eigenvalue weighted by Crippen LogP contribution is -2.41. The average Bonchev–Trinajstić information content (AvgIpc) is 2.88. The van der Waals surface area contributed by atoms with E-state index in [-0.39, 0.29) is 13.1 Å². The maximum atomic E-state index is 15.6. The van der Waals surface area contributed by atoms with Crippen LogP contribution >= 0.6 is 22.6 Å². The summed E-state index contributed by atoms with van der Waals surface area (Å²) in [5.41, 5.74) is 0.136. The molecular weight excluding hydrogens is 607 g/mol. The zero-order valence-electron chi connectivity index (χ0n) is 20.1. The number of hydrogen-bond acceptors (Lipinski definition) is 6. The van der Waals surface area contributed by atoms with Crippen molar-refractivity contribution in [3.05, 3.63) is 80.9 Å². The van der Waals surface area contributed by atoms with Crippen molar-refractivity contribution in [1.82, 2.24) is 4.31 Å². The minimum absolute atomic E-state index is 0.300. The quantitative estimate of drug-likeness (QED) is 0.263. The topological polar surface area (TPSA) is 74.3 Å². The summed E-state index contributed by atoms with van der Waals surface area (Å²) in [7, 11) is 0.543. The Bertz CT molecular complexity index is 1240. The van der Waals surface area contributed by atoms with Crippen LogP contribution in [0.5, 0.6) is 23.0 Å². The van der Waals surface area contributed by atoms with E-state index in [1.54, 1.807) is 36.4 Å². The van der Waals surface area contributed by atoms with Gasteiger partial charge in [-0.05, 0) is 46.9 Å². The van der Waals surface area contributed by atoms with Crippen LogP contribution in [0.25, 0.3) is 0 Å². The molecule has 7 nitrogen and oxygen atoms in total. The van der Waals surface area contributed by atoms with Crippen LogP contribution in [0.4, 0.5) is 8.78 Å². The van der Waals surface area contributed by atoms with Crippen molar-refractivity contribution >= 4 is 32.6 Å². The van der Waals surface area contributed by atoms with E-state index in [0.29, 0.717) is 37.7 Å². The van der Waals surface area contributed by atoms with Gasteiger partial charge < -0.3 is 18.9 Å². The van der Waals surface area contributed by atoms with Crippen LogP contribution in [-0.2, 0) is 28.4 Å². The molecular formula is C25H26F2INO6S. The normalized spacial score (nSPS) is 11.9. The number of hydrogen-bond donors (Lipinski definition) is 0. The highest BCUT2D eigenvalue weighted by atomic mass is 127. The molecule has 3 aromatic carbocycles. The van der Waals surface area contributed by atoms with Crippen molar-refractivity contribution < 1.29 is 36.1 Å². The van der Waals surface area contributed by atoms with Gasteiger partial charge in [0.1, 0.15) is 23.0 Å². The molecule has 0 bridgehead atoms. The number of rotatable bonds is 11. The van der Waals surface area contributed by atoms with Gasteiger partial charge in [-0.3, -0.25) is 0 Å². The Hall–Kier alpha value is -2.64. The van der Waals surface area contributed by atoms with Crippen molar-refractivity contribution in [1.29, 1.82) is 0 Å². The van der Waals surface area contributed by atoms with Crippen molar-refractivity contribution in [2.24, 2.45) is 0 Å². The van der Waals surface area contributed by atoms with E-state index in [1.807, 2.05) is 22.6 Å². The van der Waals surface area contributed by atoms with E-state index in [4.69, 9.17) is 18.9 Å². The first-order chi connectivity index (χ1) is 17.1. The fourth-order valence-electron chi connectivity index (χ4n) is 3.53. The second kappa shape index (κ2) is 11.6. The van der Waals surface area contributed by atoms with Gasteiger partial charge in [0.2, 0.25) is 0 Å². The standard InChI is InChI=1S/C25H26F2INO6S/c1-32-21-11-5-17(23(13-21)34-3)15-29(16-18-6-12-22(33-2)14-24(18)35-4)36(30,31)25(26,27)19-7-9-20(28)10-8-19/h5-14H,15-16H2,1-4H3. The van der Waals surface area contributed by atoms with Gasteiger partial charge in [-0.1, -0.05) is 24.3 Å². The second-order valence-corrected chi connectivity index (χ2v) is 10.9. The van der Waals surface area contributed by atoms with E-state index >= 15 is 8.78 Å². The summed E-state index contributed by atoms with van der Waals surface area (Å²) in [5.74, 6) is 1.56. The molecule has 0 aliphatic carbocycles. The molecule has 0 aromatic heterocycles. The Morgan fingerprint density at radius 2 is 1.19 bits per heavy atom. The number of benzene rings is 3. The first-order valence-corrected chi connectivity index (χ1v) is 13.1. The molecule has 0 saturated heterocycles. The minimum Gasteiger partial charge on any atom is -0.497 e. The molecule has 0 atom stereocenters. The third-order valence-corrected chi connectivity index (χ3v) is 8.07. The lowest BCUT2D eigenvalue weighted by Gasteiger charge is -2.28. The SMILES string of the molecule is COc1ccc(CN(Cc2ccc(OC)cc2OC)S(=O)(=O)C(F)(F)c2ccc(I)cc2)c(OC)c1. The highest BCUT2D eigenvalue weighted by Crippen LogP contribution is 2.39. The second-order valence-electron chi connectivity index (χ2n) is 7.65. The van der Waals surface area contributed by atoms with Gasteiger partial charge in [0.15, 0.2) is 0 Å². The van der Waals surface area contributed by atoms with E-state index in [2.05, 4.69) is 0 Å². The molecule has 0 spiro atoms. The van der Waals surface area contributed by atoms with Crippen LogP contribution in [0.1, 0.15) is 16.7 Å². The van der Waals surface area contributed by atoms with Crippen LogP contribution in [-0.4, -0.2) is 41.2 Å². The summed E-state index contributed by atoms with van der Waals surface area (Å²) in [5, 5.41) is -4.20. The van der Waals surface area contributed by atoms with Gasteiger partial charge in [0.05, 0.1) is 28.4 Å². The molecule has 0 radical (unpaired) electrons. The molecule has 0 aliphatic heterocycles. The Labute approximate surface area is 223 Å². The average molecular weight is 633 g/mol. The molecule has 0 N–H and O–H groups in total. The maximum Gasteiger partial charge on any atom is 0.384 e. The smallest absolute Gasteiger partial charge is 0.384 e. The molecule has 3 rings (SSSR count). The highest BCUT2D eigenvalue weighted by molar-refractivity contribution is 14.1. The van der Waals surface area contributed by atoms with Gasteiger partial charge in [0.25, 0.3) is 10.0 Å². The monoisotopic (exact) mass is 633 g/mol. The number of methoxy groups -OCH3 is 4. The van der Waals surface area contributed by atoms with Gasteiger partial charge >= 0.3 is 5.25 Å². The molecule has 0 aliphatic rings. The lowest BCUT2D eigenvalue weighted by molar-refractivity contribution is 0.0803. The summed E-state index contributed by atoms with van der Waals surface area (Å²) in [6.07, 6.45) is 0. The molecule has 0 heterocycles. The molecule has 0 amide bonds. The first kappa shape index (κ1) is 27.9. The Morgan fingerprint density at radius 3 is 1.58 bits per heavy atom. The zero-order valence-corrected chi connectivity index (χ0v) is 23.1. The third kappa shape index (κ3) is 5.84. The lowest BCUT2D eigenvalue weighted by atomic mass is 10.1. The third-order valence-electron chi connectivity index (χ3n) is 5.53. The summed E-state index contributed by atoms with van der Waals surface area (Å²) >= 11 is 1.96. The van der Waals surface area contributed by atoms with Crippen molar-refractivity contribution in [2.75, 3.05) is 28.4 Å². The fourth-order valence-corrected chi connectivity index (χ4v) is 5.26. The van der Waals surface area contributed by atoms with Crippen LogP contribution in [0.3, 0.4) is 0 Å². The summed E-state index contributed by atoms with van der Waals surface area (Å²) in [6, 6.07) is 14.6. The highest BCUT2D eigenvalue weighted by Gasteiger charge is 2.50. The number of halogens is 3. The minimum atomic E-state index is -5.22. The van der Waals surface area contributed by atoms with E-state index < -0.39 is 20.8 Å². The Morgan fingerprint density at radius 1 is 0.750 bits per heavy atom. The molecule has 3 aromatic rings. The van der Waals surface area contributed by atoms with Crippen LogP contribution < -0.4 is 18.9 Å². The molecule has 0 unspecified atom stereocenters. The van der Waals surface area contributed by atoms with Crippen molar-refractivity contribution in [3.63, 3.8) is 0 Å². The zero-order chi connectivity index (χ0) is 26.5. The Kier molecular flexibility index (Phi) is 9.01. The summed E-state index contributed by atoms with van der Waals surface area (Å²) in [4.78, 5) is 0. The van der Waals surface area contributed by atoms with Crippen LogP contribution in [0.15, 0.2) is 60.7 Å². The number of sulfonamides is 1.